The second-order valence-electron chi connectivity index (χ2n) is 4.89. The van der Waals surface area contributed by atoms with Crippen LogP contribution in [0.15, 0.2) is 0 Å². The Morgan fingerprint density at radius 3 is 2.44 bits per heavy atom. The van der Waals surface area contributed by atoms with Crippen LogP contribution in [-0.4, -0.2) is 23.1 Å². The Morgan fingerprint density at radius 1 is 1.31 bits per heavy atom. The largest absolute Gasteiger partial charge is 0.383 e. The van der Waals surface area contributed by atoms with Crippen molar-refractivity contribution in [3.8, 4) is 0 Å². The smallest absolute Gasteiger partial charge is 0.137 e. The molecule has 1 aromatic heterocycles. The van der Waals surface area contributed by atoms with E-state index in [1.807, 2.05) is 6.92 Å². The van der Waals surface area contributed by atoms with Gasteiger partial charge in [-0.15, -0.1) is 0 Å². The molecule has 88 valence electrons. The molecule has 1 aliphatic rings. The molecule has 4 heteroatoms. The van der Waals surface area contributed by atoms with Gasteiger partial charge in [0.25, 0.3) is 0 Å². The minimum atomic E-state index is 0.417. The van der Waals surface area contributed by atoms with Crippen LogP contribution in [0, 0.1) is 6.92 Å². The summed E-state index contributed by atoms with van der Waals surface area (Å²) in [5.41, 5.74) is 6.93. The van der Waals surface area contributed by atoms with E-state index in [1.165, 1.54) is 12.8 Å². The Balaban J connectivity index is 2.41. The van der Waals surface area contributed by atoms with Crippen LogP contribution in [0.5, 0.6) is 0 Å². The monoisotopic (exact) mass is 220 g/mol. The molecule has 1 heterocycles. The van der Waals surface area contributed by atoms with Crippen molar-refractivity contribution in [2.75, 3.05) is 17.7 Å². The van der Waals surface area contributed by atoms with E-state index >= 15 is 0 Å². The molecule has 0 bridgehead atoms. The van der Waals surface area contributed by atoms with Crippen LogP contribution in [0.3, 0.4) is 0 Å². The molecule has 0 spiro atoms. The number of nitrogens with two attached hydrogens (primary N) is 1. The van der Waals surface area contributed by atoms with Gasteiger partial charge in [0, 0.05) is 24.6 Å². The first-order chi connectivity index (χ1) is 7.50. The summed E-state index contributed by atoms with van der Waals surface area (Å²) in [6.07, 6.45) is 2.40. The van der Waals surface area contributed by atoms with Crippen LogP contribution in [0.25, 0.3) is 0 Å². The van der Waals surface area contributed by atoms with Gasteiger partial charge in [0.15, 0.2) is 0 Å². The molecule has 16 heavy (non-hydrogen) atoms. The number of anilines is 2. The van der Waals surface area contributed by atoms with Gasteiger partial charge >= 0.3 is 0 Å². The van der Waals surface area contributed by atoms with Gasteiger partial charge in [-0.2, -0.15) is 0 Å². The van der Waals surface area contributed by atoms with Crippen molar-refractivity contribution in [1.82, 2.24) is 9.97 Å². The van der Waals surface area contributed by atoms with Crippen molar-refractivity contribution in [1.29, 1.82) is 0 Å². The van der Waals surface area contributed by atoms with E-state index in [0.717, 1.165) is 17.2 Å². The van der Waals surface area contributed by atoms with Crippen molar-refractivity contribution in [2.45, 2.75) is 45.6 Å². The Morgan fingerprint density at radius 2 is 1.94 bits per heavy atom. The molecule has 0 amide bonds. The summed E-state index contributed by atoms with van der Waals surface area (Å²) in [5.74, 6) is 3.07. The van der Waals surface area contributed by atoms with Gasteiger partial charge in [-0.1, -0.05) is 0 Å². The molecule has 1 fully saturated rings. The summed E-state index contributed by atoms with van der Waals surface area (Å²) < 4.78 is 0. The molecule has 0 atom stereocenters. The van der Waals surface area contributed by atoms with Crippen LogP contribution >= 0.6 is 0 Å². The molecule has 1 aliphatic carbocycles. The summed E-state index contributed by atoms with van der Waals surface area (Å²) >= 11 is 0. The van der Waals surface area contributed by atoms with E-state index in [-0.39, 0.29) is 0 Å². The maximum atomic E-state index is 5.95. The summed E-state index contributed by atoms with van der Waals surface area (Å²) in [4.78, 5) is 11.2. The van der Waals surface area contributed by atoms with Gasteiger partial charge in [-0.05, 0) is 33.6 Å². The number of nitrogens with zero attached hydrogens (tertiary/aromatic N) is 3. The number of aromatic nitrogens is 2. The van der Waals surface area contributed by atoms with Crippen molar-refractivity contribution >= 4 is 11.6 Å². The molecule has 1 saturated carbocycles. The van der Waals surface area contributed by atoms with Gasteiger partial charge in [0.1, 0.15) is 17.5 Å². The minimum absolute atomic E-state index is 0.417. The number of hydrogen-bond acceptors (Lipinski definition) is 4. The van der Waals surface area contributed by atoms with E-state index in [0.29, 0.717) is 17.8 Å². The van der Waals surface area contributed by atoms with Crippen LogP contribution in [0.1, 0.15) is 44.0 Å². The second-order valence-corrected chi connectivity index (χ2v) is 4.89. The van der Waals surface area contributed by atoms with Gasteiger partial charge in [-0.3, -0.25) is 0 Å². The molecule has 0 saturated heterocycles. The Bertz CT molecular complexity index is 396. The highest BCUT2D eigenvalue weighted by Gasteiger charge is 2.28. The highest BCUT2D eigenvalue weighted by atomic mass is 15.2. The maximum absolute atomic E-state index is 5.95. The van der Waals surface area contributed by atoms with E-state index in [2.05, 4.69) is 35.8 Å². The second kappa shape index (κ2) is 3.92. The van der Waals surface area contributed by atoms with Crippen molar-refractivity contribution in [3.05, 3.63) is 11.4 Å². The molecular weight excluding hydrogens is 200 g/mol. The summed E-state index contributed by atoms with van der Waals surface area (Å²) in [5, 5.41) is 0. The number of rotatable bonds is 3. The average molecular weight is 220 g/mol. The van der Waals surface area contributed by atoms with E-state index in [1.54, 1.807) is 0 Å². The zero-order valence-electron chi connectivity index (χ0n) is 10.5. The zero-order valence-corrected chi connectivity index (χ0v) is 10.5. The molecule has 0 radical (unpaired) electrons. The predicted molar refractivity (Wildman–Crippen MR) is 66.7 cm³/mol. The third kappa shape index (κ3) is 1.96. The van der Waals surface area contributed by atoms with Crippen LogP contribution in [-0.2, 0) is 0 Å². The van der Waals surface area contributed by atoms with E-state index in [4.69, 9.17) is 5.73 Å². The lowest BCUT2D eigenvalue weighted by Crippen LogP contribution is -2.28. The third-order valence-corrected chi connectivity index (χ3v) is 3.23. The van der Waals surface area contributed by atoms with Gasteiger partial charge in [0.2, 0.25) is 0 Å². The molecule has 0 aromatic carbocycles. The van der Waals surface area contributed by atoms with E-state index in [9.17, 15) is 0 Å². The fourth-order valence-electron chi connectivity index (χ4n) is 1.65. The quantitative estimate of drug-likeness (QED) is 0.847. The number of hydrogen-bond donors (Lipinski definition) is 1. The van der Waals surface area contributed by atoms with Crippen LogP contribution in [0.4, 0.5) is 11.6 Å². The van der Waals surface area contributed by atoms with Gasteiger partial charge in [-0.25, -0.2) is 9.97 Å². The van der Waals surface area contributed by atoms with Gasteiger partial charge in [0.05, 0.1) is 0 Å². The highest BCUT2D eigenvalue weighted by Crippen LogP contribution is 2.39. The van der Waals surface area contributed by atoms with Crippen molar-refractivity contribution in [2.24, 2.45) is 0 Å². The normalized spacial score (nSPS) is 15.6. The lowest BCUT2D eigenvalue weighted by molar-refractivity contribution is 0.732. The third-order valence-electron chi connectivity index (χ3n) is 3.23. The Kier molecular flexibility index (Phi) is 2.74. The molecule has 4 nitrogen and oxygen atoms in total. The van der Waals surface area contributed by atoms with Crippen molar-refractivity contribution < 1.29 is 0 Å². The Labute approximate surface area is 96.9 Å². The van der Waals surface area contributed by atoms with Crippen LogP contribution in [0.2, 0.25) is 0 Å². The molecule has 2 N–H and O–H groups in total. The first-order valence-electron chi connectivity index (χ1n) is 5.87. The molecular formula is C12H20N4. The average Bonchev–Trinajstić information content (AvgIpc) is 3.04. The molecule has 0 unspecified atom stereocenters. The first kappa shape index (κ1) is 11.2. The maximum Gasteiger partial charge on any atom is 0.137 e. The fraction of sp³-hybridized carbons (Fsp3) is 0.667. The minimum Gasteiger partial charge on any atom is -0.383 e. The van der Waals surface area contributed by atoms with Gasteiger partial charge < -0.3 is 10.6 Å². The fourth-order valence-corrected chi connectivity index (χ4v) is 1.65. The molecule has 2 rings (SSSR count). The summed E-state index contributed by atoms with van der Waals surface area (Å²) in [7, 11) is 2.05. The lowest BCUT2D eigenvalue weighted by Gasteiger charge is -2.25. The van der Waals surface area contributed by atoms with Crippen molar-refractivity contribution in [3.63, 3.8) is 0 Å². The Hall–Kier alpha value is -1.32. The van der Waals surface area contributed by atoms with E-state index < -0.39 is 0 Å². The zero-order chi connectivity index (χ0) is 11.9. The molecule has 1 aromatic rings. The SMILES string of the molecule is Cc1c(N)nc(C2CC2)nc1N(C)C(C)C. The molecule has 0 aliphatic heterocycles. The summed E-state index contributed by atoms with van der Waals surface area (Å²) in [6, 6.07) is 0.417. The standard InChI is InChI=1S/C12H20N4/c1-7(2)16(4)12-8(3)10(13)14-11(15-12)9-5-6-9/h7,9H,5-6H2,1-4H3,(H2,13,14,15). The topological polar surface area (TPSA) is 55.0 Å². The predicted octanol–water partition coefficient (Wildman–Crippen LogP) is 2.09. The number of nitrogen functional groups attached to an aromatic ring is 1. The highest BCUT2D eigenvalue weighted by molar-refractivity contribution is 5.56. The summed E-state index contributed by atoms with van der Waals surface area (Å²) in [6.45, 7) is 6.28. The lowest BCUT2D eigenvalue weighted by atomic mass is 10.2. The first-order valence-corrected chi connectivity index (χ1v) is 5.87. The van der Waals surface area contributed by atoms with Crippen LogP contribution < -0.4 is 10.6 Å².